The molecule has 1 unspecified atom stereocenters. The number of alkyl halides is 1. The molecule has 0 saturated heterocycles. The summed E-state index contributed by atoms with van der Waals surface area (Å²) < 4.78 is 12.8. The number of nitrogens with zero attached hydrogens (tertiary/aromatic N) is 2. The van der Waals surface area contributed by atoms with Gasteiger partial charge in [-0.3, -0.25) is 9.97 Å². The minimum atomic E-state index is -0.964. The van der Waals surface area contributed by atoms with Crippen LogP contribution in [0.5, 0.6) is 0 Å². The van der Waals surface area contributed by atoms with E-state index >= 15 is 0 Å². The second kappa shape index (κ2) is 3.25. The molecule has 0 radical (unpaired) electrons. The molecule has 1 aromatic heterocycles. The fourth-order valence-corrected chi connectivity index (χ4v) is 0.682. The molecule has 1 aromatic rings. The van der Waals surface area contributed by atoms with Gasteiger partial charge in [0.2, 0.25) is 0 Å². The summed E-state index contributed by atoms with van der Waals surface area (Å²) in [6, 6.07) is 0. The zero-order chi connectivity index (χ0) is 7.40. The van der Waals surface area contributed by atoms with Crippen molar-refractivity contribution in [1.29, 1.82) is 0 Å². The van der Waals surface area contributed by atoms with Crippen molar-refractivity contribution in [1.82, 2.24) is 9.97 Å². The van der Waals surface area contributed by atoms with Gasteiger partial charge < -0.3 is 0 Å². The first-order chi connectivity index (χ1) is 4.84. The third-order valence-electron chi connectivity index (χ3n) is 1.26. The number of rotatable bonds is 2. The van der Waals surface area contributed by atoms with Gasteiger partial charge in [0.1, 0.15) is 6.17 Å². The van der Waals surface area contributed by atoms with Gasteiger partial charge >= 0.3 is 0 Å². The van der Waals surface area contributed by atoms with Gasteiger partial charge in [-0.15, -0.1) is 0 Å². The van der Waals surface area contributed by atoms with E-state index in [2.05, 4.69) is 9.97 Å². The van der Waals surface area contributed by atoms with Gasteiger partial charge in [-0.1, -0.05) is 6.92 Å². The Morgan fingerprint density at radius 1 is 1.60 bits per heavy atom. The first-order valence-corrected chi connectivity index (χ1v) is 3.24. The van der Waals surface area contributed by atoms with Crippen LogP contribution in [-0.4, -0.2) is 9.97 Å². The summed E-state index contributed by atoms with van der Waals surface area (Å²) in [6.45, 7) is 1.78. The van der Waals surface area contributed by atoms with Gasteiger partial charge in [-0.05, 0) is 6.42 Å². The molecular formula is C7H9FN2. The molecular weight excluding hydrogens is 131 g/mol. The molecule has 10 heavy (non-hydrogen) atoms. The summed E-state index contributed by atoms with van der Waals surface area (Å²) in [5.74, 6) is 0. The number of hydrogen-bond donors (Lipinski definition) is 0. The normalized spacial score (nSPS) is 13.0. The SMILES string of the molecule is CCC(F)c1cnccn1. The number of halogens is 1. The molecule has 2 nitrogen and oxygen atoms in total. The van der Waals surface area contributed by atoms with Crippen molar-refractivity contribution in [3.63, 3.8) is 0 Å². The van der Waals surface area contributed by atoms with Gasteiger partial charge in [0.15, 0.2) is 0 Å². The van der Waals surface area contributed by atoms with Crippen LogP contribution >= 0.6 is 0 Å². The summed E-state index contributed by atoms with van der Waals surface area (Å²) in [6.07, 6.45) is 3.98. The van der Waals surface area contributed by atoms with E-state index in [0.29, 0.717) is 12.1 Å². The molecule has 1 rings (SSSR count). The monoisotopic (exact) mass is 140 g/mol. The maximum absolute atomic E-state index is 12.8. The maximum atomic E-state index is 12.8. The van der Waals surface area contributed by atoms with E-state index in [1.165, 1.54) is 18.6 Å². The summed E-state index contributed by atoms with van der Waals surface area (Å²) in [5.41, 5.74) is 0.421. The lowest BCUT2D eigenvalue weighted by Crippen LogP contribution is -1.93. The van der Waals surface area contributed by atoms with Crippen LogP contribution in [0.25, 0.3) is 0 Å². The maximum Gasteiger partial charge on any atom is 0.143 e. The minimum absolute atomic E-state index is 0.421. The number of aromatic nitrogens is 2. The van der Waals surface area contributed by atoms with Crippen LogP contribution in [0.15, 0.2) is 18.6 Å². The molecule has 0 aliphatic carbocycles. The quantitative estimate of drug-likeness (QED) is 0.627. The van der Waals surface area contributed by atoms with Crippen molar-refractivity contribution in [3.8, 4) is 0 Å². The van der Waals surface area contributed by atoms with Gasteiger partial charge in [0.25, 0.3) is 0 Å². The fraction of sp³-hybridized carbons (Fsp3) is 0.429. The molecule has 0 aromatic carbocycles. The third-order valence-corrected chi connectivity index (χ3v) is 1.26. The molecule has 0 bridgehead atoms. The Morgan fingerprint density at radius 2 is 2.40 bits per heavy atom. The van der Waals surface area contributed by atoms with Gasteiger partial charge in [0.05, 0.1) is 11.9 Å². The smallest absolute Gasteiger partial charge is 0.143 e. The first-order valence-electron chi connectivity index (χ1n) is 3.24. The second-order valence-electron chi connectivity index (χ2n) is 2.01. The molecule has 3 heteroatoms. The molecule has 1 atom stereocenters. The van der Waals surface area contributed by atoms with Crippen LogP contribution in [0.3, 0.4) is 0 Å². The largest absolute Gasteiger partial charge is 0.261 e. The highest BCUT2D eigenvalue weighted by atomic mass is 19.1. The average molecular weight is 140 g/mol. The van der Waals surface area contributed by atoms with Crippen LogP contribution in [-0.2, 0) is 0 Å². The average Bonchev–Trinajstić information content (AvgIpc) is 2.05. The van der Waals surface area contributed by atoms with Crippen LogP contribution < -0.4 is 0 Å². The second-order valence-corrected chi connectivity index (χ2v) is 2.01. The fourth-order valence-electron chi connectivity index (χ4n) is 0.682. The highest BCUT2D eigenvalue weighted by Gasteiger charge is 2.06. The van der Waals surface area contributed by atoms with Crippen molar-refractivity contribution in [3.05, 3.63) is 24.3 Å². The molecule has 1 heterocycles. The van der Waals surface area contributed by atoms with Crippen molar-refractivity contribution < 1.29 is 4.39 Å². The van der Waals surface area contributed by atoms with Crippen LogP contribution in [0, 0.1) is 0 Å². The Hall–Kier alpha value is -0.990. The van der Waals surface area contributed by atoms with Gasteiger partial charge in [0, 0.05) is 12.4 Å². The van der Waals surface area contributed by atoms with E-state index in [-0.39, 0.29) is 0 Å². The summed E-state index contributed by atoms with van der Waals surface area (Å²) in [7, 11) is 0. The van der Waals surface area contributed by atoms with Crippen molar-refractivity contribution in [2.24, 2.45) is 0 Å². The topological polar surface area (TPSA) is 25.8 Å². The lowest BCUT2D eigenvalue weighted by Gasteiger charge is -2.00. The molecule has 0 spiro atoms. The Kier molecular flexibility index (Phi) is 2.31. The van der Waals surface area contributed by atoms with Crippen molar-refractivity contribution >= 4 is 0 Å². The molecule has 0 saturated carbocycles. The first kappa shape index (κ1) is 7.12. The van der Waals surface area contributed by atoms with E-state index in [4.69, 9.17) is 0 Å². The molecule has 0 aliphatic rings. The highest BCUT2D eigenvalue weighted by Crippen LogP contribution is 2.15. The Bertz CT molecular complexity index is 188. The van der Waals surface area contributed by atoms with E-state index in [0.717, 1.165) is 0 Å². The molecule has 54 valence electrons. The molecule has 0 fully saturated rings. The summed E-state index contributed by atoms with van der Waals surface area (Å²) in [5, 5.41) is 0. The zero-order valence-electron chi connectivity index (χ0n) is 5.79. The lowest BCUT2D eigenvalue weighted by molar-refractivity contribution is 0.326. The lowest BCUT2D eigenvalue weighted by atomic mass is 10.2. The Morgan fingerprint density at radius 3 is 2.90 bits per heavy atom. The van der Waals surface area contributed by atoms with E-state index in [1.54, 1.807) is 6.92 Å². The zero-order valence-corrected chi connectivity index (χ0v) is 5.79. The van der Waals surface area contributed by atoms with Crippen LogP contribution in [0.2, 0.25) is 0 Å². The Labute approximate surface area is 59.1 Å². The molecule has 0 aliphatic heterocycles. The third kappa shape index (κ3) is 1.50. The number of hydrogen-bond acceptors (Lipinski definition) is 2. The van der Waals surface area contributed by atoms with Gasteiger partial charge in [-0.25, -0.2) is 4.39 Å². The summed E-state index contributed by atoms with van der Waals surface area (Å²) in [4.78, 5) is 7.56. The van der Waals surface area contributed by atoms with Crippen molar-refractivity contribution in [2.45, 2.75) is 19.5 Å². The predicted molar refractivity (Wildman–Crippen MR) is 36.2 cm³/mol. The van der Waals surface area contributed by atoms with Crippen LogP contribution in [0.4, 0.5) is 4.39 Å². The van der Waals surface area contributed by atoms with E-state index < -0.39 is 6.17 Å². The van der Waals surface area contributed by atoms with Crippen molar-refractivity contribution in [2.75, 3.05) is 0 Å². The molecule has 0 amide bonds. The minimum Gasteiger partial charge on any atom is -0.261 e. The Balaban J connectivity index is 2.75. The summed E-state index contributed by atoms with van der Waals surface area (Å²) >= 11 is 0. The standard InChI is InChI=1S/C7H9FN2/c1-2-6(8)7-5-9-3-4-10-7/h3-6H,2H2,1H3. The highest BCUT2D eigenvalue weighted by molar-refractivity contribution is 4.98. The molecule has 0 N–H and O–H groups in total. The van der Waals surface area contributed by atoms with E-state index in [1.807, 2.05) is 0 Å². The van der Waals surface area contributed by atoms with Gasteiger partial charge in [-0.2, -0.15) is 0 Å². The van der Waals surface area contributed by atoms with E-state index in [9.17, 15) is 4.39 Å². The van der Waals surface area contributed by atoms with Crippen LogP contribution in [0.1, 0.15) is 25.2 Å². The predicted octanol–water partition coefficient (Wildman–Crippen LogP) is 1.90.